The number of anilines is 1. The quantitative estimate of drug-likeness (QED) is 0.699. The second-order valence-corrected chi connectivity index (χ2v) is 5.75. The molecular formula is C19H21N5O3. The molecule has 2 N–H and O–H groups in total. The number of benzene rings is 1. The summed E-state index contributed by atoms with van der Waals surface area (Å²) in [5, 5.41) is 9.99. The van der Waals surface area contributed by atoms with E-state index in [1.54, 1.807) is 42.4 Å². The molecule has 0 aliphatic carbocycles. The number of hydrogen-bond donors (Lipinski definition) is 2. The standard InChI is InChI=1S/C19H21N5O3/c1-24-17(13-6-8-20-9-7-13)10-14(23-24)12-21-19(25)22-16-5-4-15(26-2)11-18(16)27-3/h4-11H,12H2,1-3H3,(H2,21,22,25). The molecule has 0 saturated carbocycles. The van der Waals surface area contributed by atoms with Crippen molar-refractivity contribution in [1.29, 1.82) is 0 Å². The van der Waals surface area contributed by atoms with Gasteiger partial charge in [0.05, 0.1) is 37.8 Å². The summed E-state index contributed by atoms with van der Waals surface area (Å²) in [7, 11) is 4.97. The Labute approximate surface area is 157 Å². The minimum Gasteiger partial charge on any atom is -0.497 e. The molecule has 3 rings (SSSR count). The highest BCUT2D eigenvalue weighted by molar-refractivity contribution is 5.91. The molecule has 0 unspecified atom stereocenters. The van der Waals surface area contributed by atoms with E-state index in [0.717, 1.165) is 17.0 Å². The van der Waals surface area contributed by atoms with E-state index < -0.39 is 0 Å². The van der Waals surface area contributed by atoms with Gasteiger partial charge < -0.3 is 20.1 Å². The number of hydrogen-bond acceptors (Lipinski definition) is 5. The third kappa shape index (κ3) is 4.35. The first-order valence-corrected chi connectivity index (χ1v) is 8.31. The van der Waals surface area contributed by atoms with Crippen molar-refractivity contribution in [1.82, 2.24) is 20.1 Å². The first-order chi connectivity index (χ1) is 13.1. The highest BCUT2D eigenvalue weighted by atomic mass is 16.5. The van der Waals surface area contributed by atoms with Crippen molar-refractivity contribution in [3.8, 4) is 22.8 Å². The van der Waals surface area contributed by atoms with Gasteiger partial charge in [-0.05, 0) is 30.3 Å². The van der Waals surface area contributed by atoms with Gasteiger partial charge >= 0.3 is 6.03 Å². The predicted octanol–water partition coefficient (Wildman–Crippen LogP) is 2.82. The summed E-state index contributed by atoms with van der Waals surface area (Å²) in [6.45, 7) is 0.295. The monoisotopic (exact) mass is 367 g/mol. The summed E-state index contributed by atoms with van der Waals surface area (Å²) in [5.41, 5.74) is 3.26. The molecule has 1 aromatic carbocycles. The molecule has 0 saturated heterocycles. The fourth-order valence-corrected chi connectivity index (χ4v) is 2.64. The fourth-order valence-electron chi connectivity index (χ4n) is 2.64. The van der Waals surface area contributed by atoms with Gasteiger partial charge in [0.1, 0.15) is 11.5 Å². The van der Waals surface area contributed by atoms with Crippen molar-refractivity contribution in [3.63, 3.8) is 0 Å². The highest BCUT2D eigenvalue weighted by Gasteiger charge is 2.11. The van der Waals surface area contributed by atoms with Crippen LogP contribution in [0.25, 0.3) is 11.3 Å². The van der Waals surface area contributed by atoms with Gasteiger partial charge in [0.15, 0.2) is 0 Å². The average Bonchev–Trinajstić information content (AvgIpc) is 3.08. The molecule has 3 aromatic rings. The molecule has 8 heteroatoms. The first-order valence-electron chi connectivity index (χ1n) is 8.31. The Balaban J connectivity index is 1.63. The fraction of sp³-hybridized carbons (Fsp3) is 0.211. The number of aromatic nitrogens is 3. The SMILES string of the molecule is COc1ccc(NC(=O)NCc2cc(-c3ccncc3)n(C)n2)c(OC)c1. The first kappa shape index (κ1) is 18.2. The molecule has 0 spiro atoms. The Morgan fingerprint density at radius 2 is 1.89 bits per heavy atom. The molecule has 140 valence electrons. The van der Waals surface area contributed by atoms with E-state index in [1.807, 2.05) is 25.2 Å². The third-order valence-electron chi connectivity index (χ3n) is 3.99. The van der Waals surface area contributed by atoms with Crippen LogP contribution in [-0.4, -0.2) is 35.0 Å². The van der Waals surface area contributed by atoms with Gasteiger partial charge in [0, 0.05) is 31.1 Å². The molecular weight excluding hydrogens is 346 g/mol. The minimum atomic E-state index is -0.352. The maximum Gasteiger partial charge on any atom is 0.319 e. The lowest BCUT2D eigenvalue weighted by Gasteiger charge is -2.12. The van der Waals surface area contributed by atoms with Gasteiger partial charge in [-0.25, -0.2) is 4.79 Å². The van der Waals surface area contributed by atoms with Gasteiger partial charge in [0.25, 0.3) is 0 Å². The van der Waals surface area contributed by atoms with Gasteiger partial charge in [-0.3, -0.25) is 9.67 Å². The van der Waals surface area contributed by atoms with E-state index in [-0.39, 0.29) is 6.03 Å². The van der Waals surface area contributed by atoms with Crippen LogP contribution in [0, 0.1) is 0 Å². The molecule has 0 fully saturated rings. The number of pyridine rings is 1. The van der Waals surface area contributed by atoms with Crippen molar-refractivity contribution in [2.45, 2.75) is 6.54 Å². The van der Waals surface area contributed by atoms with Gasteiger partial charge in [-0.2, -0.15) is 5.10 Å². The van der Waals surface area contributed by atoms with Crippen LogP contribution < -0.4 is 20.1 Å². The summed E-state index contributed by atoms with van der Waals surface area (Å²) in [6.07, 6.45) is 3.46. The number of carbonyl (C=O) groups is 1. The van der Waals surface area contributed by atoms with Crippen LogP contribution in [0.4, 0.5) is 10.5 Å². The lowest BCUT2D eigenvalue weighted by atomic mass is 10.2. The Kier molecular flexibility index (Phi) is 5.55. The molecule has 2 aromatic heterocycles. The molecule has 0 aliphatic heterocycles. The maximum atomic E-state index is 12.2. The largest absolute Gasteiger partial charge is 0.497 e. The lowest BCUT2D eigenvalue weighted by molar-refractivity contribution is 0.251. The predicted molar refractivity (Wildman–Crippen MR) is 102 cm³/mol. The van der Waals surface area contributed by atoms with Gasteiger partial charge in [-0.1, -0.05) is 0 Å². The second-order valence-electron chi connectivity index (χ2n) is 5.75. The van der Waals surface area contributed by atoms with Crippen molar-refractivity contribution in [3.05, 3.63) is 54.5 Å². The Morgan fingerprint density at radius 1 is 1.11 bits per heavy atom. The van der Waals surface area contributed by atoms with E-state index >= 15 is 0 Å². The topological polar surface area (TPSA) is 90.3 Å². The minimum absolute atomic E-state index is 0.295. The van der Waals surface area contributed by atoms with E-state index in [2.05, 4.69) is 20.7 Å². The molecule has 0 bridgehead atoms. The summed E-state index contributed by atoms with van der Waals surface area (Å²) in [4.78, 5) is 16.2. The molecule has 0 aliphatic rings. The van der Waals surface area contributed by atoms with Crippen LogP contribution in [0.3, 0.4) is 0 Å². The van der Waals surface area contributed by atoms with Crippen molar-refractivity contribution in [2.24, 2.45) is 7.05 Å². The van der Waals surface area contributed by atoms with Crippen molar-refractivity contribution >= 4 is 11.7 Å². The summed E-state index contributed by atoms with van der Waals surface area (Å²) in [5.74, 6) is 1.16. The van der Waals surface area contributed by atoms with E-state index in [9.17, 15) is 4.79 Å². The zero-order chi connectivity index (χ0) is 19.2. The van der Waals surface area contributed by atoms with Crippen molar-refractivity contribution < 1.29 is 14.3 Å². The summed E-state index contributed by atoms with van der Waals surface area (Å²) < 4.78 is 12.2. The summed E-state index contributed by atoms with van der Waals surface area (Å²) >= 11 is 0. The smallest absolute Gasteiger partial charge is 0.319 e. The number of nitrogens with one attached hydrogen (secondary N) is 2. The second kappa shape index (κ2) is 8.22. The van der Waals surface area contributed by atoms with Crippen LogP contribution >= 0.6 is 0 Å². The molecule has 8 nitrogen and oxygen atoms in total. The molecule has 0 radical (unpaired) electrons. The van der Waals surface area contributed by atoms with E-state index in [0.29, 0.717) is 23.7 Å². The van der Waals surface area contributed by atoms with Crippen LogP contribution in [0.5, 0.6) is 11.5 Å². The maximum absolute atomic E-state index is 12.2. The Hall–Kier alpha value is -3.55. The zero-order valence-electron chi connectivity index (χ0n) is 15.4. The van der Waals surface area contributed by atoms with Gasteiger partial charge in [0.2, 0.25) is 0 Å². The summed E-state index contributed by atoms with van der Waals surface area (Å²) in [6, 6.07) is 10.6. The number of amides is 2. The molecule has 2 amide bonds. The number of urea groups is 1. The van der Waals surface area contributed by atoms with Crippen LogP contribution in [0.2, 0.25) is 0 Å². The number of aryl methyl sites for hydroxylation is 1. The number of methoxy groups -OCH3 is 2. The van der Waals surface area contributed by atoms with Crippen LogP contribution in [0.1, 0.15) is 5.69 Å². The van der Waals surface area contributed by atoms with Gasteiger partial charge in [-0.15, -0.1) is 0 Å². The average molecular weight is 367 g/mol. The molecule has 27 heavy (non-hydrogen) atoms. The van der Waals surface area contributed by atoms with Crippen LogP contribution in [-0.2, 0) is 13.6 Å². The third-order valence-corrected chi connectivity index (χ3v) is 3.99. The van der Waals surface area contributed by atoms with E-state index in [4.69, 9.17) is 9.47 Å². The number of ether oxygens (including phenoxy) is 2. The molecule has 0 atom stereocenters. The lowest BCUT2D eigenvalue weighted by Crippen LogP contribution is -2.28. The highest BCUT2D eigenvalue weighted by Crippen LogP contribution is 2.28. The molecule has 2 heterocycles. The normalized spacial score (nSPS) is 10.3. The van der Waals surface area contributed by atoms with Crippen LogP contribution in [0.15, 0.2) is 48.8 Å². The number of carbonyl (C=O) groups excluding carboxylic acids is 1. The van der Waals surface area contributed by atoms with E-state index in [1.165, 1.54) is 7.11 Å². The Morgan fingerprint density at radius 3 is 2.59 bits per heavy atom. The van der Waals surface area contributed by atoms with Crippen molar-refractivity contribution in [2.75, 3.05) is 19.5 Å². The zero-order valence-corrected chi connectivity index (χ0v) is 15.4. The number of rotatable bonds is 6. The Bertz CT molecular complexity index is 924. The number of nitrogens with zero attached hydrogens (tertiary/aromatic N) is 3.